The Morgan fingerprint density at radius 1 is 1.32 bits per heavy atom. The largest absolute Gasteiger partial charge is 0.396 e. The van der Waals surface area contributed by atoms with Gasteiger partial charge in [0.2, 0.25) is 0 Å². The molecule has 118 valence electrons. The summed E-state index contributed by atoms with van der Waals surface area (Å²) in [6.45, 7) is 5.18. The molecule has 1 aromatic heterocycles. The Kier molecular flexibility index (Phi) is 5.55. The maximum atomic E-state index is 11.7. The molecule has 3 N–H and O–H groups in total. The van der Waals surface area contributed by atoms with Crippen LogP contribution in [0.2, 0.25) is 0 Å². The predicted octanol–water partition coefficient (Wildman–Crippen LogP) is 2.05. The number of carbonyl (C=O) groups excluding carboxylic acids is 1. The van der Waals surface area contributed by atoms with Gasteiger partial charge in [-0.2, -0.15) is 5.10 Å². The van der Waals surface area contributed by atoms with E-state index in [4.69, 9.17) is 5.11 Å². The summed E-state index contributed by atoms with van der Waals surface area (Å²) < 4.78 is 1.94. The number of urea groups is 1. The van der Waals surface area contributed by atoms with Crippen LogP contribution in [0.15, 0.2) is 30.3 Å². The van der Waals surface area contributed by atoms with E-state index in [1.165, 1.54) is 0 Å². The Labute approximate surface area is 130 Å². The summed E-state index contributed by atoms with van der Waals surface area (Å²) in [5.74, 6) is 0. The van der Waals surface area contributed by atoms with Crippen LogP contribution >= 0.6 is 0 Å². The van der Waals surface area contributed by atoms with Crippen LogP contribution in [0.5, 0.6) is 0 Å². The number of carbonyl (C=O) groups is 1. The monoisotopic (exact) mass is 302 g/mol. The Balaban J connectivity index is 1.98. The van der Waals surface area contributed by atoms with Crippen LogP contribution in [-0.2, 0) is 6.54 Å². The standard InChI is InChI=1S/C16H22N4O2/c1-12-9-13(2)20(19-12)11-14-5-3-6-15(10-14)18-16(22)17-7-4-8-21/h3,5-6,9-10,21H,4,7-8,11H2,1-2H3,(H2,17,18,22). The third-order valence-electron chi connectivity index (χ3n) is 3.24. The number of nitrogens with one attached hydrogen (secondary N) is 2. The van der Waals surface area contributed by atoms with Crippen LogP contribution in [0.4, 0.5) is 10.5 Å². The molecule has 0 unspecified atom stereocenters. The predicted molar refractivity (Wildman–Crippen MR) is 86.0 cm³/mol. The molecule has 0 aliphatic carbocycles. The number of benzene rings is 1. The fraction of sp³-hybridized carbons (Fsp3) is 0.375. The molecule has 0 radical (unpaired) electrons. The molecule has 0 atom stereocenters. The summed E-state index contributed by atoms with van der Waals surface area (Å²) in [5, 5.41) is 18.6. The zero-order valence-corrected chi connectivity index (χ0v) is 13.0. The lowest BCUT2D eigenvalue weighted by atomic mass is 10.2. The van der Waals surface area contributed by atoms with Crippen molar-refractivity contribution < 1.29 is 9.90 Å². The van der Waals surface area contributed by atoms with Gasteiger partial charge in [0.05, 0.1) is 12.2 Å². The van der Waals surface area contributed by atoms with E-state index in [0.717, 1.165) is 22.6 Å². The summed E-state index contributed by atoms with van der Waals surface area (Å²) in [6, 6.07) is 9.46. The molecule has 1 aromatic carbocycles. The Morgan fingerprint density at radius 2 is 2.14 bits per heavy atom. The molecule has 0 bridgehead atoms. The zero-order valence-electron chi connectivity index (χ0n) is 13.0. The maximum Gasteiger partial charge on any atom is 0.319 e. The number of aryl methyl sites for hydroxylation is 2. The molecule has 6 heteroatoms. The third kappa shape index (κ3) is 4.60. The van der Waals surface area contributed by atoms with Crippen molar-refractivity contribution in [2.24, 2.45) is 0 Å². The van der Waals surface area contributed by atoms with Gasteiger partial charge in [-0.15, -0.1) is 0 Å². The Morgan fingerprint density at radius 3 is 2.82 bits per heavy atom. The Bertz CT molecular complexity index is 637. The molecule has 22 heavy (non-hydrogen) atoms. The number of anilines is 1. The first kappa shape index (κ1) is 16.0. The second-order valence-electron chi connectivity index (χ2n) is 5.24. The first-order valence-corrected chi connectivity index (χ1v) is 7.34. The van der Waals surface area contributed by atoms with Crippen LogP contribution in [0.1, 0.15) is 23.4 Å². The number of hydrogen-bond donors (Lipinski definition) is 3. The number of aromatic nitrogens is 2. The second kappa shape index (κ2) is 7.61. The highest BCUT2D eigenvalue weighted by Gasteiger charge is 2.05. The molecule has 0 saturated carbocycles. The van der Waals surface area contributed by atoms with Crippen LogP contribution in [0, 0.1) is 13.8 Å². The van der Waals surface area contributed by atoms with E-state index in [2.05, 4.69) is 15.7 Å². The molecular weight excluding hydrogens is 280 g/mol. The first-order chi connectivity index (χ1) is 10.6. The summed E-state index contributed by atoms with van der Waals surface area (Å²) in [7, 11) is 0. The van der Waals surface area contributed by atoms with E-state index < -0.39 is 0 Å². The van der Waals surface area contributed by atoms with Crippen molar-refractivity contribution in [2.75, 3.05) is 18.5 Å². The molecule has 2 rings (SSSR count). The van der Waals surface area contributed by atoms with Crippen molar-refractivity contribution in [1.82, 2.24) is 15.1 Å². The summed E-state index contributed by atoms with van der Waals surface area (Å²) in [5.41, 5.74) is 3.91. The minimum Gasteiger partial charge on any atom is -0.396 e. The van der Waals surface area contributed by atoms with E-state index in [-0.39, 0.29) is 12.6 Å². The van der Waals surface area contributed by atoms with Crippen molar-refractivity contribution in [2.45, 2.75) is 26.8 Å². The van der Waals surface area contributed by atoms with Gasteiger partial charge in [-0.05, 0) is 44.0 Å². The van der Waals surface area contributed by atoms with Gasteiger partial charge in [-0.1, -0.05) is 12.1 Å². The van der Waals surface area contributed by atoms with Crippen LogP contribution in [0.25, 0.3) is 0 Å². The lowest BCUT2D eigenvalue weighted by Gasteiger charge is -2.09. The smallest absolute Gasteiger partial charge is 0.319 e. The molecule has 0 aliphatic heterocycles. The highest BCUT2D eigenvalue weighted by molar-refractivity contribution is 5.89. The van der Waals surface area contributed by atoms with Crippen LogP contribution in [0.3, 0.4) is 0 Å². The molecule has 2 aromatic rings. The van der Waals surface area contributed by atoms with Gasteiger partial charge >= 0.3 is 6.03 Å². The van der Waals surface area contributed by atoms with E-state index >= 15 is 0 Å². The average molecular weight is 302 g/mol. The van der Waals surface area contributed by atoms with Crippen molar-refractivity contribution in [3.05, 3.63) is 47.3 Å². The molecular formula is C16H22N4O2. The number of aliphatic hydroxyl groups excluding tert-OH is 1. The number of amides is 2. The van der Waals surface area contributed by atoms with Gasteiger partial charge in [0.25, 0.3) is 0 Å². The lowest BCUT2D eigenvalue weighted by Crippen LogP contribution is -2.29. The SMILES string of the molecule is Cc1cc(C)n(Cc2cccc(NC(=O)NCCCO)c2)n1. The van der Waals surface area contributed by atoms with E-state index in [1.807, 2.05) is 48.9 Å². The van der Waals surface area contributed by atoms with Gasteiger partial charge in [-0.25, -0.2) is 4.79 Å². The normalized spacial score (nSPS) is 10.5. The lowest BCUT2D eigenvalue weighted by molar-refractivity contribution is 0.249. The summed E-state index contributed by atoms with van der Waals surface area (Å²) in [4.78, 5) is 11.7. The fourth-order valence-corrected chi connectivity index (χ4v) is 2.21. The van der Waals surface area contributed by atoms with Crippen molar-refractivity contribution in [1.29, 1.82) is 0 Å². The van der Waals surface area contributed by atoms with Crippen molar-refractivity contribution >= 4 is 11.7 Å². The highest BCUT2D eigenvalue weighted by Crippen LogP contribution is 2.13. The summed E-state index contributed by atoms with van der Waals surface area (Å²) in [6.07, 6.45) is 0.547. The number of rotatable bonds is 6. The zero-order chi connectivity index (χ0) is 15.9. The molecule has 6 nitrogen and oxygen atoms in total. The van der Waals surface area contributed by atoms with Crippen molar-refractivity contribution in [3.8, 4) is 0 Å². The van der Waals surface area contributed by atoms with Gasteiger partial charge in [0, 0.05) is 24.5 Å². The van der Waals surface area contributed by atoms with Crippen molar-refractivity contribution in [3.63, 3.8) is 0 Å². The van der Waals surface area contributed by atoms with Gasteiger partial charge < -0.3 is 15.7 Å². The van der Waals surface area contributed by atoms with Gasteiger partial charge in [-0.3, -0.25) is 4.68 Å². The average Bonchev–Trinajstić information content (AvgIpc) is 2.77. The number of hydrogen-bond acceptors (Lipinski definition) is 3. The Hall–Kier alpha value is -2.34. The van der Waals surface area contributed by atoms with Gasteiger partial charge in [0.1, 0.15) is 0 Å². The number of nitrogens with zero attached hydrogens (tertiary/aromatic N) is 2. The topological polar surface area (TPSA) is 79.2 Å². The molecule has 0 fully saturated rings. The third-order valence-corrected chi connectivity index (χ3v) is 3.24. The number of aliphatic hydroxyl groups is 1. The van der Waals surface area contributed by atoms with Gasteiger partial charge in [0.15, 0.2) is 0 Å². The summed E-state index contributed by atoms with van der Waals surface area (Å²) >= 11 is 0. The van der Waals surface area contributed by atoms with E-state index in [9.17, 15) is 4.79 Å². The molecule has 0 aliphatic rings. The molecule has 0 saturated heterocycles. The second-order valence-corrected chi connectivity index (χ2v) is 5.24. The maximum absolute atomic E-state index is 11.7. The first-order valence-electron chi connectivity index (χ1n) is 7.34. The minimum absolute atomic E-state index is 0.0679. The minimum atomic E-state index is -0.267. The molecule has 2 amide bonds. The van der Waals surface area contributed by atoms with E-state index in [1.54, 1.807) is 0 Å². The fourth-order valence-electron chi connectivity index (χ4n) is 2.21. The molecule has 1 heterocycles. The molecule has 0 spiro atoms. The van der Waals surface area contributed by atoms with Crippen LogP contribution in [-0.4, -0.2) is 34.1 Å². The quantitative estimate of drug-likeness (QED) is 0.715. The van der Waals surface area contributed by atoms with Crippen LogP contribution < -0.4 is 10.6 Å². The highest BCUT2D eigenvalue weighted by atomic mass is 16.3. The van der Waals surface area contributed by atoms with E-state index in [0.29, 0.717) is 19.5 Å².